The average molecular weight is 200 g/mol. The van der Waals surface area contributed by atoms with Gasteiger partial charge in [0, 0.05) is 0 Å². The fourth-order valence-corrected chi connectivity index (χ4v) is 2.11. The first-order chi connectivity index (χ1) is 6.63. The quantitative estimate of drug-likeness (QED) is 0.503. The van der Waals surface area contributed by atoms with Gasteiger partial charge in [-0.2, -0.15) is 0 Å². The van der Waals surface area contributed by atoms with Gasteiger partial charge in [0.2, 0.25) is 0 Å². The van der Waals surface area contributed by atoms with Gasteiger partial charge in [-0.05, 0) is 12.8 Å². The van der Waals surface area contributed by atoms with Crippen molar-refractivity contribution in [1.29, 1.82) is 0 Å². The second kappa shape index (κ2) is 3.24. The van der Waals surface area contributed by atoms with Crippen LogP contribution in [0.1, 0.15) is 12.8 Å². The highest BCUT2D eigenvalue weighted by molar-refractivity contribution is 5.81. The summed E-state index contributed by atoms with van der Waals surface area (Å²) >= 11 is 0. The zero-order valence-corrected chi connectivity index (χ0v) is 7.80. The molecule has 1 saturated carbocycles. The van der Waals surface area contributed by atoms with Gasteiger partial charge in [0.1, 0.15) is 0 Å². The minimum Gasteiger partial charge on any atom is -0.481 e. The lowest BCUT2D eigenvalue weighted by atomic mass is 9.79. The Kier molecular flexibility index (Phi) is 2.19. The number of carboxylic acid groups (broad SMARTS) is 1. The van der Waals surface area contributed by atoms with E-state index < -0.39 is 23.8 Å². The zero-order valence-electron chi connectivity index (χ0n) is 7.80. The minimum atomic E-state index is -0.936. The Morgan fingerprint density at radius 1 is 1.29 bits per heavy atom. The highest BCUT2D eigenvalue weighted by atomic mass is 16.6. The number of carbonyl (C=O) groups excluding carboxylic acids is 1. The number of aliphatic carboxylic acids is 1. The number of methoxy groups -OCH3 is 1. The molecule has 0 spiro atoms. The SMILES string of the molecule is COC(=O)[C@H]1CC2O[C@H]2CC1C(=O)O. The molecule has 5 heteroatoms. The first-order valence-corrected chi connectivity index (χ1v) is 4.59. The van der Waals surface area contributed by atoms with Gasteiger partial charge in [0.05, 0.1) is 31.2 Å². The summed E-state index contributed by atoms with van der Waals surface area (Å²) in [7, 11) is 1.28. The van der Waals surface area contributed by atoms with Crippen molar-refractivity contribution >= 4 is 11.9 Å². The highest BCUT2D eigenvalue weighted by Gasteiger charge is 2.53. The van der Waals surface area contributed by atoms with Crippen molar-refractivity contribution in [3.05, 3.63) is 0 Å². The van der Waals surface area contributed by atoms with Gasteiger partial charge >= 0.3 is 11.9 Å². The maximum Gasteiger partial charge on any atom is 0.309 e. The summed E-state index contributed by atoms with van der Waals surface area (Å²) in [4.78, 5) is 22.2. The molecule has 0 radical (unpaired) electrons. The molecule has 1 saturated heterocycles. The van der Waals surface area contributed by atoms with E-state index in [2.05, 4.69) is 4.74 Å². The normalized spacial score (nSPS) is 39.8. The van der Waals surface area contributed by atoms with Gasteiger partial charge in [-0.3, -0.25) is 9.59 Å². The van der Waals surface area contributed by atoms with E-state index in [4.69, 9.17) is 9.84 Å². The van der Waals surface area contributed by atoms with Crippen LogP contribution in [-0.2, 0) is 19.1 Å². The molecule has 2 aliphatic rings. The van der Waals surface area contributed by atoms with Crippen molar-refractivity contribution in [1.82, 2.24) is 0 Å². The predicted molar refractivity (Wildman–Crippen MR) is 44.5 cm³/mol. The second-order valence-corrected chi connectivity index (χ2v) is 3.76. The topological polar surface area (TPSA) is 76.1 Å². The molecule has 5 nitrogen and oxygen atoms in total. The number of rotatable bonds is 2. The van der Waals surface area contributed by atoms with E-state index in [9.17, 15) is 9.59 Å². The smallest absolute Gasteiger partial charge is 0.309 e. The van der Waals surface area contributed by atoms with Crippen LogP contribution in [0.3, 0.4) is 0 Å². The molecule has 1 N–H and O–H groups in total. The zero-order chi connectivity index (χ0) is 10.3. The van der Waals surface area contributed by atoms with Crippen LogP contribution < -0.4 is 0 Å². The largest absolute Gasteiger partial charge is 0.481 e. The minimum absolute atomic E-state index is 0.0528. The Morgan fingerprint density at radius 2 is 1.86 bits per heavy atom. The van der Waals surface area contributed by atoms with Crippen LogP contribution in [0.5, 0.6) is 0 Å². The third-order valence-corrected chi connectivity index (χ3v) is 2.97. The number of fused-ring (bicyclic) bond motifs is 1. The van der Waals surface area contributed by atoms with Gasteiger partial charge in [0.15, 0.2) is 0 Å². The first kappa shape index (κ1) is 9.45. The lowest BCUT2D eigenvalue weighted by Crippen LogP contribution is -2.36. The van der Waals surface area contributed by atoms with E-state index in [1.54, 1.807) is 0 Å². The van der Waals surface area contributed by atoms with E-state index in [1.165, 1.54) is 7.11 Å². The summed E-state index contributed by atoms with van der Waals surface area (Å²) in [5, 5.41) is 8.93. The van der Waals surface area contributed by atoms with Gasteiger partial charge in [0.25, 0.3) is 0 Å². The van der Waals surface area contributed by atoms with Crippen molar-refractivity contribution < 1.29 is 24.2 Å². The van der Waals surface area contributed by atoms with Crippen LogP contribution in [0, 0.1) is 11.8 Å². The number of hydrogen-bond donors (Lipinski definition) is 1. The van der Waals surface area contributed by atoms with E-state index in [1.807, 2.05) is 0 Å². The third-order valence-electron chi connectivity index (χ3n) is 2.97. The molecule has 0 amide bonds. The van der Waals surface area contributed by atoms with Crippen LogP contribution in [-0.4, -0.2) is 36.4 Å². The molecule has 14 heavy (non-hydrogen) atoms. The molecule has 1 aliphatic carbocycles. The second-order valence-electron chi connectivity index (χ2n) is 3.76. The Bertz CT molecular complexity index is 274. The monoisotopic (exact) mass is 200 g/mol. The molecule has 1 aliphatic heterocycles. The number of esters is 1. The maximum absolute atomic E-state index is 11.3. The summed E-state index contributed by atoms with van der Waals surface area (Å²) in [6.07, 6.45) is 1.04. The summed E-state index contributed by atoms with van der Waals surface area (Å²) in [6, 6.07) is 0. The summed E-state index contributed by atoms with van der Waals surface area (Å²) in [5.41, 5.74) is 0. The fourth-order valence-electron chi connectivity index (χ4n) is 2.11. The first-order valence-electron chi connectivity index (χ1n) is 4.59. The molecule has 4 atom stereocenters. The molecule has 2 fully saturated rings. The van der Waals surface area contributed by atoms with Crippen LogP contribution in [0.4, 0.5) is 0 Å². The molecule has 78 valence electrons. The third kappa shape index (κ3) is 1.48. The van der Waals surface area contributed by atoms with Gasteiger partial charge in [-0.15, -0.1) is 0 Å². The lowest BCUT2D eigenvalue weighted by molar-refractivity contribution is -0.157. The predicted octanol–water partition coefficient (Wildman–Crippen LogP) is 0.0376. The van der Waals surface area contributed by atoms with E-state index in [0.717, 1.165) is 0 Å². The molecule has 2 rings (SSSR count). The Morgan fingerprint density at radius 3 is 2.36 bits per heavy atom. The van der Waals surface area contributed by atoms with Crippen molar-refractivity contribution in [3.8, 4) is 0 Å². The van der Waals surface area contributed by atoms with Crippen LogP contribution in [0.25, 0.3) is 0 Å². The molecule has 0 aromatic carbocycles. The van der Waals surface area contributed by atoms with Gasteiger partial charge < -0.3 is 14.6 Å². The molecular formula is C9H12O5. The van der Waals surface area contributed by atoms with Crippen LogP contribution in [0.2, 0.25) is 0 Å². The molecule has 0 bridgehead atoms. The van der Waals surface area contributed by atoms with E-state index in [0.29, 0.717) is 12.8 Å². The number of carbonyl (C=O) groups is 2. The van der Waals surface area contributed by atoms with Crippen LogP contribution in [0.15, 0.2) is 0 Å². The van der Waals surface area contributed by atoms with Gasteiger partial charge in [-0.1, -0.05) is 0 Å². The van der Waals surface area contributed by atoms with Crippen molar-refractivity contribution in [3.63, 3.8) is 0 Å². The molecule has 0 aromatic heterocycles. The highest BCUT2D eigenvalue weighted by Crippen LogP contribution is 2.43. The molecule has 1 heterocycles. The number of ether oxygens (including phenoxy) is 2. The van der Waals surface area contributed by atoms with Gasteiger partial charge in [-0.25, -0.2) is 0 Å². The molecule has 2 unspecified atom stereocenters. The fraction of sp³-hybridized carbons (Fsp3) is 0.778. The van der Waals surface area contributed by atoms with Crippen molar-refractivity contribution in [2.24, 2.45) is 11.8 Å². The summed E-state index contributed by atoms with van der Waals surface area (Å²) in [6.45, 7) is 0. The number of hydrogen-bond acceptors (Lipinski definition) is 4. The Labute approximate surface area is 81.0 Å². The summed E-state index contributed by atoms with van der Waals surface area (Å²) in [5.74, 6) is -2.56. The maximum atomic E-state index is 11.3. The van der Waals surface area contributed by atoms with Crippen LogP contribution >= 0.6 is 0 Å². The average Bonchev–Trinajstić information content (AvgIpc) is 2.92. The van der Waals surface area contributed by atoms with Crippen molar-refractivity contribution in [2.45, 2.75) is 25.0 Å². The Hall–Kier alpha value is -1.10. The summed E-state index contributed by atoms with van der Waals surface area (Å²) < 4.78 is 9.79. The van der Waals surface area contributed by atoms with E-state index in [-0.39, 0.29) is 12.2 Å². The van der Waals surface area contributed by atoms with E-state index >= 15 is 0 Å². The molecule has 0 aromatic rings. The number of epoxide rings is 1. The standard InChI is InChI=1S/C9H12O5/c1-13-9(12)5-3-7-6(14-7)2-4(5)8(10)11/h4-7H,2-3H2,1H3,(H,10,11)/t4?,5-,6-,7?/m0/s1. The lowest BCUT2D eigenvalue weighted by Gasteiger charge is -2.23. The Balaban J connectivity index is 2.10. The molecular weight excluding hydrogens is 188 g/mol. The number of carboxylic acids is 1. The van der Waals surface area contributed by atoms with Crippen molar-refractivity contribution in [2.75, 3.05) is 7.11 Å².